The first-order valence-electron chi connectivity index (χ1n) is 4.08. The van der Waals surface area contributed by atoms with Crippen LogP contribution in [0.3, 0.4) is 0 Å². The fraction of sp³-hybridized carbons (Fsp3) is 0.111. The largest absolute Gasteiger partial charge is 0.369 e. The summed E-state index contributed by atoms with van der Waals surface area (Å²) in [5.41, 5.74) is 11.4. The van der Waals surface area contributed by atoms with E-state index in [0.29, 0.717) is 10.0 Å². The molecule has 1 aromatic rings. The zero-order chi connectivity index (χ0) is 11.4. The second kappa shape index (κ2) is 4.88. The maximum Gasteiger partial charge on any atom is 0.211 e. The van der Waals surface area contributed by atoms with E-state index in [9.17, 15) is 4.39 Å². The third-order valence-corrected chi connectivity index (χ3v) is 2.15. The van der Waals surface area contributed by atoms with Crippen molar-refractivity contribution in [2.45, 2.75) is 6.92 Å². The van der Waals surface area contributed by atoms with E-state index in [2.05, 4.69) is 26.1 Å². The number of guanidine groups is 1. The van der Waals surface area contributed by atoms with Gasteiger partial charge in [0, 0.05) is 5.56 Å². The van der Waals surface area contributed by atoms with Gasteiger partial charge in [0.05, 0.1) is 10.7 Å². The van der Waals surface area contributed by atoms with Gasteiger partial charge in [0.25, 0.3) is 0 Å². The van der Waals surface area contributed by atoms with Gasteiger partial charge in [-0.15, -0.1) is 5.10 Å². The van der Waals surface area contributed by atoms with Crippen LogP contribution >= 0.6 is 15.9 Å². The predicted octanol–water partition coefficient (Wildman–Crippen LogP) is 1.50. The van der Waals surface area contributed by atoms with E-state index >= 15 is 0 Å². The third-order valence-electron chi connectivity index (χ3n) is 1.57. The molecule has 6 heteroatoms. The van der Waals surface area contributed by atoms with Crippen LogP contribution < -0.4 is 11.5 Å². The van der Waals surface area contributed by atoms with Crippen LogP contribution in [0.15, 0.2) is 26.8 Å². The van der Waals surface area contributed by atoms with Gasteiger partial charge in [0.1, 0.15) is 5.82 Å². The van der Waals surface area contributed by atoms with Crippen molar-refractivity contribution < 1.29 is 4.39 Å². The Morgan fingerprint density at radius 1 is 1.47 bits per heavy atom. The molecule has 4 N–H and O–H groups in total. The number of benzene rings is 1. The zero-order valence-corrected chi connectivity index (χ0v) is 9.62. The molecule has 4 nitrogen and oxygen atoms in total. The number of rotatable bonds is 2. The van der Waals surface area contributed by atoms with Gasteiger partial charge in [-0.25, -0.2) is 4.39 Å². The molecule has 0 amide bonds. The highest BCUT2D eigenvalue weighted by Crippen LogP contribution is 2.19. The van der Waals surface area contributed by atoms with Crippen LogP contribution in [-0.2, 0) is 0 Å². The maximum absolute atomic E-state index is 13.5. The number of hydrogen-bond donors (Lipinski definition) is 2. The van der Waals surface area contributed by atoms with Crippen LogP contribution in [0.5, 0.6) is 0 Å². The van der Waals surface area contributed by atoms with Crippen molar-refractivity contribution in [2.24, 2.45) is 21.7 Å². The fourth-order valence-corrected chi connectivity index (χ4v) is 1.59. The van der Waals surface area contributed by atoms with E-state index in [4.69, 9.17) is 11.5 Å². The summed E-state index contributed by atoms with van der Waals surface area (Å²) >= 11 is 3.10. The maximum atomic E-state index is 13.5. The first-order valence-corrected chi connectivity index (χ1v) is 4.87. The number of aryl methyl sites for hydroxylation is 1. The van der Waals surface area contributed by atoms with Crippen LogP contribution in [0.25, 0.3) is 0 Å². The fourth-order valence-electron chi connectivity index (χ4n) is 1.00. The standard InChI is InChI=1S/C9H10BrFN4/c1-5-2-6(4-14-15-9(12)13)8(11)7(10)3-5/h2-4H,1H3,(H4,12,13,15). The SMILES string of the molecule is Cc1cc(Br)c(F)c(C=NN=C(N)N)c1. The quantitative estimate of drug-likeness (QED) is 0.486. The van der Waals surface area contributed by atoms with Crippen molar-refractivity contribution in [2.75, 3.05) is 0 Å². The van der Waals surface area contributed by atoms with Crippen molar-refractivity contribution in [3.63, 3.8) is 0 Å². The molecule has 0 fully saturated rings. The Morgan fingerprint density at radius 3 is 2.73 bits per heavy atom. The normalized spacial score (nSPS) is 10.6. The average Bonchev–Trinajstić information content (AvgIpc) is 2.12. The monoisotopic (exact) mass is 272 g/mol. The first kappa shape index (κ1) is 11.6. The van der Waals surface area contributed by atoms with E-state index in [0.717, 1.165) is 5.56 Å². The summed E-state index contributed by atoms with van der Waals surface area (Å²) in [7, 11) is 0. The molecule has 0 spiro atoms. The number of nitrogens with zero attached hydrogens (tertiary/aromatic N) is 2. The molecular weight excluding hydrogens is 263 g/mol. The lowest BCUT2D eigenvalue weighted by Crippen LogP contribution is -2.21. The van der Waals surface area contributed by atoms with Crippen molar-refractivity contribution in [3.05, 3.63) is 33.5 Å². The van der Waals surface area contributed by atoms with Crippen LogP contribution in [0, 0.1) is 12.7 Å². The minimum Gasteiger partial charge on any atom is -0.369 e. The Kier molecular flexibility index (Phi) is 3.79. The molecule has 0 heterocycles. The molecule has 0 aromatic heterocycles. The molecule has 0 aliphatic heterocycles. The Morgan fingerprint density at radius 2 is 2.13 bits per heavy atom. The molecule has 0 saturated heterocycles. The molecule has 0 bridgehead atoms. The Labute approximate surface area is 95.0 Å². The molecule has 0 saturated carbocycles. The topological polar surface area (TPSA) is 76.8 Å². The summed E-state index contributed by atoms with van der Waals surface area (Å²) < 4.78 is 13.8. The van der Waals surface area contributed by atoms with Gasteiger partial charge < -0.3 is 11.5 Å². The lowest BCUT2D eigenvalue weighted by molar-refractivity contribution is 0.618. The van der Waals surface area contributed by atoms with Crippen LogP contribution in [-0.4, -0.2) is 12.2 Å². The highest BCUT2D eigenvalue weighted by atomic mass is 79.9. The highest BCUT2D eigenvalue weighted by Gasteiger charge is 2.05. The van der Waals surface area contributed by atoms with Crippen LogP contribution in [0.2, 0.25) is 0 Å². The van der Waals surface area contributed by atoms with E-state index in [1.54, 1.807) is 12.1 Å². The molecule has 1 aromatic carbocycles. The number of halogens is 2. The summed E-state index contributed by atoms with van der Waals surface area (Å²) in [5, 5.41) is 6.92. The van der Waals surface area contributed by atoms with Gasteiger partial charge in [-0.05, 0) is 40.5 Å². The van der Waals surface area contributed by atoms with Crippen molar-refractivity contribution in [3.8, 4) is 0 Å². The van der Waals surface area contributed by atoms with Crippen LogP contribution in [0.1, 0.15) is 11.1 Å². The number of nitrogens with two attached hydrogens (primary N) is 2. The second-order valence-corrected chi connectivity index (χ2v) is 3.77. The zero-order valence-electron chi connectivity index (χ0n) is 8.04. The molecule has 0 radical (unpaired) electrons. The number of hydrogen-bond acceptors (Lipinski definition) is 2. The summed E-state index contributed by atoms with van der Waals surface area (Å²) in [4.78, 5) is 0. The summed E-state index contributed by atoms with van der Waals surface area (Å²) in [5.74, 6) is -0.562. The predicted molar refractivity (Wildman–Crippen MR) is 62.2 cm³/mol. The highest BCUT2D eigenvalue weighted by molar-refractivity contribution is 9.10. The van der Waals surface area contributed by atoms with Gasteiger partial charge in [-0.3, -0.25) is 0 Å². The molecule has 80 valence electrons. The van der Waals surface area contributed by atoms with Crippen molar-refractivity contribution >= 4 is 28.1 Å². The molecule has 1 rings (SSSR count). The van der Waals surface area contributed by atoms with Crippen molar-refractivity contribution in [1.29, 1.82) is 0 Å². The van der Waals surface area contributed by atoms with Gasteiger partial charge in [0.15, 0.2) is 0 Å². The molecule has 0 aliphatic carbocycles. The minimum absolute atomic E-state index is 0.168. The molecule has 15 heavy (non-hydrogen) atoms. The smallest absolute Gasteiger partial charge is 0.211 e. The van der Waals surface area contributed by atoms with E-state index in [1.807, 2.05) is 6.92 Å². The lowest BCUT2D eigenvalue weighted by Gasteiger charge is -2.00. The summed E-state index contributed by atoms with van der Waals surface area (Å²) in [6.45, 7) is 1.85. The van der Waals surface area contributed by atoms with Gasteiger partial charge in [0.2, 0.25) is 5.96 Å². The second-order valence-electron chi connectivity index (χ2n) is 2.92. The third kappa shape index (κ3) is 3.32. The van der Waals surface area contributed by atoms with Crippen LogP contribution in [0.4, 0.5) is 4.39 Å². The first-order chi connectivity index (χ1) is 7.00. The average molecular weight is 273 g/mol. The van der Waals surface area contributed by atoms with E-state index in [1.165, 1.54) is 6.21 Å². The Balaban J connectivity index is 3.05. The Bertz CT molecular complexity index is 424. The van der Waals surface area contributed by atoms with E-state index < -0.39 is 5.82 Å². The Hall–Kier alpha value is -1.43. The minimum atomic E-state index is -0.393. The van der Waals surface area contributed by atoms with Crippen molar-refractivity contribution in [1.82, 2.24) is 0 Å². The van der Waals surface area contributed by atoms with Gasteiger partial charge in [-0.2, -0.15) is 5.10 Å². The molecule has 0 unspecified atom stereocenters. The molecular formula is C9H10BrFN4. The van der Waals surface area contributed by atoms with Gasteiger partial charge in [-0.1, -0.05) is 0 Å². The summed E-state index contributed by atoms with van der Waals surface area (Å²) in [6.07, 6.45) is 1.26. The molecule has 0 aliphatic rings. The molecule has 0 atom stereocenters. The van der Waals surface area contributed by atoms with Gasteiger partial charge >= 0.3 is 0 Å². The van der Waals surface area contributed by atoms with E-state index in [-0.39, 0.29) is 5.96 Å². The summed E-state index contributed by atoms with van der Waals surface area (Å²) in [6, 6.07) is 3.32. The lowest BCUT2D eigenvalue weighted by atomic mass is 10.1.